The zero-order chi connectivity index (χ0) is 40.0. The Morgan fingerprint density at radius 2 is 0.867 bits per heavy atom. The van der Waals surface area contributed by atoms with Crippen molar-refractivity contribution in [3.63, 3.8) is 0 Å². The first-order valence-corrected chi connectivity index (χ1v) is 20.1. The molecule has 0 aliphatic heterocycles. The molecule has 11 aromatic rings. The van der Waals surface area contributed by atoms with Gasteiger partial charge in [0.25, 0.3) is 0 Å². The Kier molecular flexibility index (Phi) is 8.50. The summed E-state index contributed by atoms with van der Waals surface area (Å²) in [5.41, 5.74) is 9.88. The topological polar surface area (TPSA) is 62.5 Å². The van der Waals surface area contributed by atoms with Gasteiger partial charge in [-0.3, -0.25) is 0 Å². The highest BCUT2D eigenvalue weighted by atomic mass is 15.0. The average molecular weight is 763 g/mol. The first-order valence-electron chi connectivity index (χ1n) is 20.1. The number of benzene rings is 10. The lowest BCUT2D eigenvalue weighted by atomic mass is 9.84. The number of nitriles is 1. The van der Waals surface area contributed by atoms with E-state index in [0.717, 1.165) is 71.3 Å². The number of hydrogen-bond donors (Lipinski definition) is 0. The van der Waals surface area contributed by atoms with Gasteiger partial charge in [-0.25, -0.2) is 15.0 Å². The molecule has 10 aromatic carbocycles. The molecule has 0 aliphatic rings. The lowest BCUT2D eigenvalue weighted by molar-refractivity contribution is 1.08. The second-order valence-corrected chi connectivity index (χ2v) is 15.0. The Morgan fingerprint density at radius 1 is 0.317 bits per heavy atom. The lowest BCUT2D eigenvalue weighted by Gasteiger charge is -2.20. The predicted molar refractivity (Wildman–Crippen MR) is 247 cm³/mol. The van der Waals surface area contributed by atoms with Gasteiger partial charge in [-0.2, -0.15) is 5.26 Å². The summed E-state index contributed by atoms with van der Waals surface area (Å²) in [7, 11) is 0. The van der Waals surface area contributed by atoms with Gasteiger partial charge in [0.2, 0.25) is 0 Å². The second-order valence-electron chi connectivity index (χ2n) is 15.0. The van der Waals surface area contributed by atoms with Crippen LogP contribution in [0.1, 0.15) is 5.56 Å². The van der Waals surface area contributed by atoms with Gasteiger partial charge in [-0.1, -0.05) is 188 Å². The fourth-order valence-electron chi connectivity index (χ4n) is 8.77. The third-order valence-corrected chi connectivity index (χ3v) is 11.6. The van der Waals surface area contributed by atoms with Crippen LogP contribution in [0.25, 0.3) is 111 Å². The van der Waals surface area contributed by atoms with Crippen molar-refractivity contribution in [3.8, 4) is 73.6 Å². The van der Waals surface area contributed by atoms with Crippen molar-refractivity contribution in [2.24, 2.45) is 0 Å². The van der Waals surface area contributed by atoms with Crippen LogP contribution in [0.5, 0.6) is 0 Å². The van der Waals surface area contributed by atoms with Gasteiger partial charge < -0.3 is 0 Å². The quantitative estimate of drug-likeness (QED) is 0.125. The van der Waals surface area contributed by atoms with E-state index >= 15 is 0 Å². The van der Waals surface area contributed by atoms with Crippen LogP contribution in [0, 0.1) is 11.3 Å². The maximum Gasteiger partial charge on any atom is 0.165 e. The molecule has 1 heterocycles. The third kappa shape index (κ3) is 5.97. The molecule has 0 atom stereocenters. The van der Waals surface area contributed by atoms with Crippen LogP contribution in [0.2, 0.25) is 0 Å². The summed E-state index contributed by atoms with van der Waals surface area (Å²) in [5, 5.41) is 18.6. The average Bonchev–Trinajstić information content (AvgIpc) is 3.33. The number of fused-ring (bicyclic) bond motifs is 5. The minimum Gasteiger partial charge on any atom is -0.208 e. The van der Waals surface area contributed by atoms with Gasteiger partial charge in [0, 0.05) is 22.1 Å². The van der Waals surface area contributed by atoms with Crippen LogP contribution in [-0.4, -0.2) is 15.0 Å². The monoisotopic (exact) mass is 762 g/mol. The van der Waals surface area contributed by atoms with Crippen molar-refractivity contribution in [1.29, 1.82) is 5.26 Å². The van der Waals surface area contributed by atoms with Crippen LogP contribution in [0.4, 0.5) is 0 Å². The molecule has 1 aromatic heterocycles. The van der Waals surface area contributed by atoms with E-state index in [9.17, 15) is 5.26 Å². The molecule has 0 aliphatic carbocycles. The highest BCUT2D eigenvalue weighted by Gasteiger charge is 2.23. The van der Waals surface area contributed by atoms with E-state index in [1.54, 1.807) is 0 Å². The molecule has 278 valence electrons. The van der Waals surface area contributed by atoms with E-state index in [-0.39, 0.29) is 0 Å². The van der Waals surface area contributed by atoms with E-state index in [2.05, 4.69) is 170 Å². The van der Waals surface area contributed by atoms with Gasteiger partial charge in [-0.05, 0) is 89.3 Å². The predicted octanol–water partition coefficient (Wildman–Crippen LogP) is 14.4. The standard InChI is InChI=1S/C56H34N4/c57-35-36-28-30-37(31-29-36)41-19-12-20-42(34-41)54-58-55(49-26-11-8-22-44(49)38-14-2-1-3-15-38)60-56(59-54)53-48-25-10-9-24-47(48)51(46-27-13-18-39-16-4-6-21-43(39)46)50-33-32-40-17-5-7-23-45(40)52(50)53/h1-34H. The van der Waals surface area contributed by atoms with Crippen LogP contribution in [-0.2, 0) is 0 Å². The Morgan fingerprint density at radius 3 is 1.65 bits per heavy atom. The molecule has 0 saturated carbocycles. The molecule has 0 saturated heterocycles. The lowest BCUT2D eigenvalue weighted by Crippen LogP contribution is -2.03. The molecule has 0 unspecified atom stereocenters. The third-order valence-electron chi connectivity index (χ3n) is 11.6. The Bertz CT molecular complexity index is 3490. The summed E-state index contributed by atoms with van der Waals surface area (Å²) in [4.78, 5) is 16.3. The van der Waals surface area contributed by atoms with Crippen LogP contribution in [0.15, 0.2) is 206 Å². The summed E-state index contributed by atoms with van der Waals surface area (Å²) in [6.07, 6.45) is 0. The highest BCUT2D eigenvalue weighted by Crippen LogP contribution is 2.47. The molecule has 11 rings (SSSR count). The normalized spacial score (nSPS) is 11.3. The summed E-state index contributed by atoms with van der Waals surface area (Å²) in [6, 6.07) is 74.0. The van der Waals surface area contributed by atoms with Gasteiger partial charge >= 0.3 is 0 Å². The van der Waals surface area contributed by atoms with Crippen molar-refractivity contribution >= 4 is 43.1 Å². The first kappa shape index (κ1) is 34.9. The fourth-order valence-corrected chi connectivity index (χ4v) is 8.77. The molecular formula is C56H34N4. The molecule has 60 heavy (non-hydrogen) atoms. The molecule has 4 nitrogen and oxygen atoms in total. The van der Waals surface area contributed by atoms with Crippen molar-refractivity contribution in [1.82, 2.24) is 15.0 Å². The maximum atomic E-state index is 9.46. The molecule has 0 bridgehead atoms. The minimum absolute atomic E-state index is 0.573. The van der Waals surface area contributed by atoms with E-state index in [1.165, 1.54) is 21.9 Å². The smallest absolute Gasteiger partial charge is 0.165 e. The van der Waals surface area contributed by atoms with Gasteiger partial charge in [-0.15, -0.1) is 0 Å². The van der Waals surface area contributed by atoms with Crippen LogP contribution < -0.4 is 0 Å². The SMILES string of the molecule is N#Cc1ccc(-c2cccc(-c3nc(-c4ccccc4-c4ccccc4)nc(-c4c5ccccc5c(-c5cccc6ccccc56)c5ccc6ccccc6c45)n3)c2)cc1. The van der Waals surface area contributed by atoms with Crippen molar-refractivity contribution in [2.45, 2.75) is 0 Å². The summed E-state index contributed by atoms with van der Waals surface area (Å²) in [5.74, 6) is 1.77. The van der Waals surface area contributed by atoms with Gasteiger partial charge in [0.05, 0.1) is 11.6 Å². The molecule has 0 amide bonds. The zero-order valence-corrected chi connectivity index (χ0v) is 32.4. The first-order chi connectivity index (χ1) is 29.7. The minimum atomic E-state index is 0.573. The van der Waals surface area contributed by atoms with E-state index in [4.69, 9.17) is 15.0 Å². The summed E-state index contributed by atoms with van der Waals surface area (Å²) >= 11 is 0. The number of aromatic nitrogens is 3. The molecule has 4 heteroatoms. The van der Waals surface area contributed by atoms with E-state index in [0.29, 0.717) is 23.0 Å². The number of hydrogen-bond acceptors (Lipinski definition) is 4. The highest BCUT2D eigenvalue weighted by molar-refractivity contribution is 6.28. The van der Waals surface area contributed by atoms with E-state index in [1.807, 2.05) is 42.5 Å². The largest absolute Gasteiger partial charge is 0.208 e. The number of rotatable bonds is 6. The Labute approximate surface area is 347 Å². The second kappa shape index (κ2) is 14.6. The maximum absolute atomic E-state index is 9.46. The molecule has 0 fully saturated rings. The Hall–Kier alpha value is -8.26. The molecule has 0 N–H and O–H groups in total. The molecule has 0 spiro atoms. The van der Waals surface area contributed by atoms with Crippen molar-refractivity contribution in [2.75, 3.05) is 0 Å². The molecule has 0 radical (unpaired) electrons. The van der Waals surface area contributed by atoms with Gasteiger partial charge in [0.1, 0.15) is 0 Å². The zero-order valence-electron chi connectivity index (χ0n) is 32.4. The molecular weight excluding hydrogens is 729 g/mol. The van der Waals surface area contributed by atoms with Crippen LogP contribution >= 0.6 is 0 Å². The van der Waals surface area contributed by atoms with Crippen molar-refractivity contribution < 1.29 is 0 Å². The Balaban J connectivity index is 1.25. The van der Waals surface area contributed by atoms with Crippen LogP contribution in [0.3, 0.4) is 0 Å². The van der Waals surface area contributed by atoms with Gasteiger partial charge in [0.15, 0.2) is 17.5 Å². The van der Waals surface area contributed by atoms with Crippen molar-refractivity contribution in [3.05, 3.63) is 212 Å². The number of nitrogens with zero attached hydrogens (tertiary/aromatic N) is 4. The summed E-state index contributed by atoms with van der Waals surface area (Å²) < 4.78 is 0. The van der Waals surface area contributed by atoms with E-state index < -0.39 is 0 Å². The fraction of sp³-hybridized carbons (Fsp3) is 0. The summed E-state index contributed by atoms with van der Waals surface area (Å²) in [6.45, 7) is 0.